The summed E-state index contributed by atoms with van der Waals surface area (Å²) in [4.78, 5) is 11.0. The number of hydrogen-bond acceptors (Lipinski definition) is 4. The number of aliphatic hydroxyl groups excluding tert-OH is 1. The van der Waals surface area contributed by atoms with Crippen LogP contribution in [0.25, 0.3) is 0 Å². The highest BCUT2D eigenvalue weighted by atomic mass is 35.5. The molecule has 0 heterocycles. The van der Waals surface area contributed by atoms with Crippen molar-refractivity contribution in [2.24, 2.45) is 0 Å². The molecule has 0 spiro atoms. The maximum atomic E-state index is 11.0. The van der Waals surface area contributed by atoms with Crippen molar-refractivity contribution in [1.29, 1.82) is 0 Å². The van der Waals surface area contributed by atoms with Crippen molar-refractivity contribution in [3.63, 3.8) is 0 Å². The maximum Gasteiger partial charge on any atom is 0.337 e. The Hall–Kier alpha value is -1.30. The molecule has 0 bridgehead atoms. The highest BCUT2D eigenvalue weighted by Gasteiger charge is 2.11. The van der Waals surface area contributed by atoms with Gasteiger partial charge in [-0.3, -0.25) is 0 Å². The second-order valence-corrected chi connectivity index (χ2v) is 3.92. The molecule has 0 saturated carbocycles. The van der Waals surface area contributed by atoms with Gasteiger partial charge in [-0.2, -0.15) is 0 Å². The summed E-state index contributed by atoms with van der Waals surface area (Å²) < 4.78 is 4.76. The topological polar surface area (TPSA) is 78.8 Å². The van der Waals surface area contributed by atoms with E-state index >= 15 is 0 Å². The Kier molecular flexibility index (Phi) is 5.21. The van der Waals surface area contributed by atoms with Crippen LogP contribution in [0.4, 0.5) is 5.69 Å². The number of carboxylic acid groups (broad SMARTS) is 1. The lowest BCUT2D eigenvalue weighted by Crippen LogP contribution is -2.24. The first kappa shape index (κ1) is 13.8. The number of aromatic carboxylic acids is 1. The smallest absolute Gasteiger partial charge is 0.337 e. The Bertz CT molecular complexity index is 397. The number of carbonyl (C=O) groups is 1. The highest BCUT2D eigenvalue weighted by Crippen LogP contribution is 2.20. The molecular formula is C11H14ClNO4. The fourth-order valence-corrected chi connectivity index (χ4v) is 1.50. The van der Waals surface area contributed by atoms with E-state index in [1.54, 1.807) is 12.1 Å². The highest BCUT2D eigenvalue weighted by molar-refractivity contribution is 6.31. The molecule has 6 heteroatoms. The average Bonchev–Trinajstić information content (AvgIpc) is 2.27. The number of methoxy groups -OCH3 is 1. The number of rotatable bonds is 6. The quantitative estimate of drug-likeness (QED) is 0.721. The van der Waals surface area contributed by atoms with Crippen LogP contribution in [0.2, 0.25) is 5.02 Å². The second-order valence-electron chi connectivity index (χ2n) is 3.49. The lowest BCUT2D eigenvalue weighted by molar-refractivity contribution is 0.0693. The number of hydrogen-bond donors (Lipinski definition) is 3. The molecule has 94 valence electrons. The molecule has 0 aliphatic rings. The lowest BCUT2D eigenvalue weighted by Gasteiger charge is -2.13. The molecule has 0 saturated heterocycles. The summed E-state index contributed by atoms with van der Waals surface area (Å²) in [6.07, 6.45) is -0.697. The first-order valence-electron chi connectivity index (χ1n) is 4.98. The summed E-state index contributed by atoms with van der Waals surface area (Å²) in [5.74, 6) is -1.07. The van der Waals surface area contributed by atoms with Crippen molar-refractivity contribution in [2.45, 2.75) is 6.10 Å². The second kappa shape index (κ2) is 6.44. The van der Waals surface area contributed by atoms with E-state index in [-0.39, 0.29) is 18.7 Å². The van der Waals surface area contributed by atoms with Gasteiger partial charge in [-0.1, -0.05) is 11.6 Å². The molecule has 17 heavy (non-hydrogen) atoms. The normalized spacial score (nSPS) is 12.2. The summed E-state index contributed by atoms with van der Waals surface area (Å²) in [6.45, 7) is 0.388. The zero-order valence-electron chi connectivity index (χ0n) is 9.31. The molecule has 0 aromatic heterocycles. The van der Waals surface area contributed by atoms with E-state index in [1.165, 1.54) is 13.2 Å². The molecular weight excluding hydrogens is 246 g/mol. The van der Waals surface area contributed by atoms with Gasteiger partial charge in [0, 0.05) is 24.4 Å². The summed E-state index contributed by atoms with van der Waals surface area (Å²) in [5.41, 5.74) is 0.485. The van der Waals surface area contributed by atoms with Gasteiger partial charge in [0.2, 0.25) is 0 Å². The van der Waals surface area contributed by atoms with Crippen LogP contribution in [0.5, 0.6) is 0 Å². The molecule has 0 aliphatic heterocycles. The van der Waals surface area contributed by atoms with Gasteiger partial charge in [0.1, 0.15) is 0 Å². The van der Waals surface area contributed by atoms with E-state index in [0.717, 1.165) is 0 Å². The molecule has 1 rings (SSSR count). The number of ether oxygens (including phenoxy) is 1. The average molecular weight is 260 g/mol. The van der Waals surface area contributed by atoms with Crippen LogP contribution in [-0.4, -0.2) is 42.5 Å². The Labute approximate surface area is 104 Å². The fourth-order valence-electron chi connectivity index (χ4n) is 1.33. The molecule has 3 N–H and O–H groups in total. The summed E-state index contributed by atoms with van der Waals surface area (Å²) in [7, 11) is 1.48. The number of halogens is 1. The molecule has 0 amide bonds. The third-order valence-corrected chi connectivity index (χ3v) is 2.33. The zero-order valence-corrected chi connectivity index (χ0v) is 10.1. The van der Waals surface area contributed by atoms with Crippen LogP contribution in [0.1, 0.15) is 10.4 Å². The monoisotopic (exact) mass is 259 g/mol. The van der Waals surface area contributed by atoms with Crippen molar-refractivity contribution < 1.29 is 19.7 Å². The first-order chi connectivity index (χ1) is 8.04. The minimum atomic E-state index is -1.07. The Balaban J connectivity index is 2.73. The van der Waals surface area contributed by atoms with Crippen molar-refractivity contribution >= 4 is 23.3 Å². The van der Waals surface area contributed by atoms with Crippen molar-refractivity contribution in [2.75, 3.05) is 25.6 Å². The van der Waals surface area contributed by atoms with E-state index in [0.29, 0.717) is 10.7 Å². The lowest BCUT2D eigenvalue weighted by atomic mass is 10.1. The molecule has 0 aliphatic carbocycles. The minimum absolute atomic E-state index is 0.0714. The van der Waals surface area contributed by atoms with E-state index < -0.39 is 12.1 Å². The van der Waals surface area contributed by atoms with E-state index in [1.807, 2.05) is 0 Å². The Morgan fingerprint density at radius 1 is 1.59 bits per heavy atom. The third-order valence-electron chi connectivity index (χ3n) is 2.10. The minimum Gasteiger partial charge on any atom is -0.478 e. The number of benzene rings is 1. The van der Waals surface area contributed by atoms with Crippen LogP contribution in [0.15, 0.2) is 18.2 Å². The molecule has 1 aromatic rings. The molecule has 5 nitrogen and oxygen atoms in total. The predicted molar refractivity (Wildman–Crippen MR) is 64.8 cm³/mol. The third kappa shape index (κ3) is 4.22. The zero-order chi connectivity index (χ0) is 12.8. The van der Waals surface area contributed by atoms with Crippen molar-refractivity contribution in [3.8, 4) is 0 Å². The first-order valence-corrected chi connectivity index (χ1v) is 5.36. The molecule has 1 atom stereocenters. The van der Waals surface area contributed by atoms with Crippen molar-refractivity contribution in [3.05, 3.63) is 28.8 Å². The summed E-state index contributed by atoms with van der Waals surface area (Å²) in [6, 6.07) is 4.50. The van der Waals surface area contributed by atoms with Crippen LogP contribution in [0, 0.1) is 0 Å². The summed E-state index contributed by atoms with van der Waals surface area (Å²) in [5, 5.41) is 21.6. The Morgan fingerprint density at radius 2 is 2.29 bits per heavy atom. The number of nitrogens with one attached hydrogen (secondary N) is 1. The number of anilines is 1. The van der Waals surface area contributed by atoms with Crippen LogP contribution in [-0.2, 0) is 4.74 Å². The Morgan fingerprint density at radius 3 is 2.88 bits per heavy atom. The van der Waals surface area contributed by atoms with Crippen LogP contribution >= 0.6 is 11.6 Å². The van der Waals surface area contributed by atoms with Crippen LogP contribution < -0.4 is 5.32 Å². The van der Waals surface area contributed by atoms with Gasteiger partial charge in [-0.25, -0.2) is 4.79 Å². The van der Waals surface area contributed by atoms with Crippen molar-refractivity contribution in [1.82, 2.24) is 0 Å². The van der Waals surface area contributed by atoms with Gasteiger partial charge in [0.15, 0.2) is 0 Å². The van der Waals surface area contributed by atoms with Gasteiger partial charge in [0.05, 0.1) is 18.3 Å². The van der Waals surface area contributed by atoms with Crippen LogP contribution in [0.3, 0.4) is 0 Å². The van der Waals surface area contributed by atoms with Gasteiger partial charge in [0.25, 0.3) is 0 Å². The van der Waals surface area contributed by atoms with E-state index in [4.69, 9.17) is 21.4 Å². The van der Waals surface area contributed by atoms with Gasteiger partial charge >= 0.3 is 5.97 Å². The largest absolute Gasteiger partial charge is 0.478 e. The summed E-state index contributed by atoms with van der Waals surface area (Å²) >= 11 is 5.71. The SMILES string of the molecule is COCC(O)CNc1ccc(Cl)cc1C(=O)O. The predicted octanol–water partition coefficient (Wildman–Crippen LogP) is 1.46. The number of aliphatic hydroxyl groups is 1. The van der Waals surface area contributed by atoms with Gasteiger partial charge in [-0.15, -0.1) is 0 Å². The molecule has 1 unspecified atom stereocenters. The molecule has 0 radical (unpaired) electrons. The fraction of sp³-hybridized carbons (Fsp3) is 0.364. The van der Waals surface area contributed by atoms with E-state index in [9.17, 15) is 9.90 Å². The molecule has 0 fully saturated rings. The van der Waals surface area contributed by atoms with Gasteiger partial charge < -0.3 is 20.3 Å². The number of carboxylic acids is 1. The standard InChI is InChI=1S/C11H14ClNO4/c1-17-6-8(14)5-13-10-3-2-7(12)4-9(10)11(15)16/h2-4,8,13-14H,5-6H2,1H3,(H,15,16). The molecule has 1 aromatic carbocycles. The maximum absolute atomic E-state index is 11.0. The van der Waals surface area contributed by atoms with Gasteiger partial charge in [-0.05, 0) is 18.2 Å². The van der Waals surface area contributed by atoms with E-state index in [2.05, 4.69) is 5.32 Å².